The molecule has 0 unspecified atom stereocenters. The molecule has 2 N–H and O–H groups in total. The van der Waals surface area contributed by atoms with Crippen molar-refractivity contribution in [1.29, 1.82) is 0 Å². The second kappa shape index (κ2) is 5.51. The van der Waals surface area contributed by atoms with E-state index in [0.717, 1.165) is 6.54 Å². The van der Waals surface area contributed by atoms with Gasteiger partial charge in [-0.3, -0.25) is 0 Å². The molecule has 0 aliphatic carbocycles. The second-order valence-electron chi connectivity index (χ2n) is 5.32. The Hall–Kier alpha value is -2.06. The van der Waals surface area contributed by atoms with Crippen molar-refractivity contribution in [1.82, 2.24) is 10.3 Å². The summed E-state index contributed by atoms with van der Waals surface area (Å²) < 4.78 is 0. The maximum Gasteiger partial charge on any atom is 0.0457 e. The van der Waals surface area contributed by atoms with Crippen LogP contribution in [-0.2, 0) is 6.54 Å². The van der Waals surface area contributed by atoms with E-state index < -0.39 is 0 Å². The van der Waals surface area contributed by atoms with Crippen molar-refractivity contribution in [2.24, 2.45) is 0 Å². The van der Waals surface area contributed by atoms with E-state index in [1.165, 1.54) is 27.6 Å². The molecule has 2 aromatic carbocycles. The smallest absolute Gasteiger partial charge is 0.0457 e. The summed E-state index contributed by atoms with van der Waals surface area (Å²) in [6.07, 6.45) is 2.00. The summed E-state index contributed by atoms with van der Waals surface area (Å²) >= 11 is 0. The van der Waals surface area contributed by atoms with Crippen LogP contribution in [0.2, 0.25) is 0 Å². The third kappa shape index (κ3) is 2.47. The van der Waals surface area contributed by atoms with Crippen molar-refractivity contribution < 1.29 is 0 Å². The first-order valence-corrected chi connectivity index (χ1v) is 7.09. The Labute approximate surface area is 119 Å². The molecule has 0 aliphatic heterocycles. The van der Waals surface area contributed by atoms with Crippen molar-refractivity contribution in [3.05, 3.63) is 71.4 Å². The van der Waals surface area contributed by atoms with Gasteiger partial charge in [0.2, 0.25) is 0 Å². The zero-order valence-corrected chi connectivity index (χ0v) is 12.0. The minimum absolute atomic E-state index is 0.352. The van der Waals surface area contributed by atoms with E-state index in [-0.39, 0.29) is 0 Å². The average molecular weight is 264 g/mol. The molecule has 0 saturated heterocycles. The molecule has 1 atom stereocenters. The van der Waals surface area contributed by atoms with Crippen LogP contribution in [0.1, 0.15) is 29.7 Å². The molecule has 0 saturated carbocycles. The summed E-state index contributed by atoms with van der Waals surface area (Å²) in [6.45, 7) is 5.27. The van der Waals surface area contributed by atoms with E-state index in [2.05, 4.69) is 72.7 Å². The van der Waals surface area contributed by atoms with Gasteiger partial charge in [0.05, 0.1) is 0 Å². The number of H-pyrrole nitrogens is 1. The molecular formula is C18H20N2. The van der Waals surface area contributed by atoms with Gasteiger partial charge in [-0.15, -0.1) is 0 Å². The third-order valence-electron chi connectivity index (χ3n) is 3.94. The van der Waals surface area contributed by atoms with E-state index in [1.54, 1.807) is 0 Å². The number of rotatable bonds is 4. The van der Waals surface area contributed by atoms with Crippen LogP contribution in [0.15, 0.2) is 54.7 Å². The Kier molecular flexibility index (Phi) is 3.57. The summed E-state index contributed by atoms with van der Waals surface area (Å²) in [5, 5.41) is 4.93. The van der Waals surface area contributed by atoms with Crippen LogP contribution >= 0.6 is 0 Å². The van der Waals surface area contributed by atoms with E-state index in [4.69, 9.17) is 0 Å². The molecule has 20 heavy (non-hydrogen) atoms. The SMILES string of the molecule is Cc1ccccc1[C@@H](C)NCc1cccc2[nH]ccc12. The van der Waals surface area contributed by atoms with Crippen molar-refractivity contribution in [2.45, 2.75) is 26.4 Å². The normalized spacial score (nSPS) is 12.7. The van der Waals surface area contributed by atoms with E-state index in [9.17, 15) is 0 Å². The largest absolute Gasteiger partial charge is 0.361 e. The number of hydrogen-bond donors (Lipinski definition) is 2. The van der Waals surface area contributed by atoms with Crippen LogP contribution in [0.5, 0.6) is 0 Å². The monoisotopic (exact) mass is 264 g/mol. The zero-order chi connectivity index (χ0) is 13.9. The zero-order valence-electron chi connectivity index (χ0n) is 12.0. The van der Waals surface area contributed by atoms with Crippen LogP contribution in [-0.4, -0.2) is 4.98 Å². The van der Waals surface area contributed by atoms with Crippen molar-refractivity contribution in [3.8, 4) is 0 Å². The maximum absolute atomic E-state index is 3.62. The first-order valence-electron chi connectivity index (χ1n) is 7.09. The Morgan fingerprint density at radius 1 is 1.05 bits per heavy atom. The Balaban J connectivity index is 1.76. The van der Waals surface area contributed by atoms with Gasteiger partial charge in [0.25, 0.3) is 0 Å². The minimum Gasteiger partial charge on any atom is -0.361 e. The van der Waals surface area contributed by atoms with Gasteiger partial charge in [0.15, 0.2) is 0 Å². The molecule has 0 amide bonds. The van der Waals surface area contributed by atoms with Crippen molar-refractivity contribution >= 4 is 10.9 Å². The number of benzene rings is 2. The number of aryl methyl sites for hydroxylation is 1. The summed E-state index contributed by atoms with van der Waals surface area (Å²) in [5.41, 5.74) is 5.25. The van der Waals surface area contributed by atoms with Gasteiger partial charge in [-0.1, -0.05) is 36.4 Å². The highest BCUT2D eigenvalue weighted by atomic mass is 14.9. The first kappa shape index (κ1) is 12.9. The van der Waals surface area contributed by atoms with Crippen LogP contribution < -0.4 is 5.32 Å². The molecule has 102 valence electrons. The summed E-state index contributed by atoms with van der Waals surface area (Å²) in [4.78, 5) is 3.26. The maximum atomic E-state index is 3.62. The lowest BCUT2D eigenvalue weighted by molar-refractivity contribution is 0.574. The molecule has 2 heteroatoms. The number of fused-ring (bicyclic) bond motifs is 1. The molecule has 0 fully saturated rings. The van der Waals surface area contributed by atoms with Crippen LogP contribution in [0.3, 0.4) is 0 Å². The lowest BCUT2D eigenvalue weighted by Crippen LogP contribution is -2.18. The number of aromatic amines is 1. The molecule has 0 radical (unpaired) electrons. The summed E-state index contributed by atoms with van der Waals surface area (Å²) in [7, 11) is 0. The number of aromatic nitrogens is 1. The van der Waals surface area contributed by atoms with Gasteiger partial charge >= 0.3 is 0 Å². The predicted octanol–water partition coefficient (Wildman–Crippen LogP) is 4.33. The lowest BCUT2D eigenvalue weighted by Gasteiger charge is -2.17. The van der Waals surface area contributed by atoms with Crippen molar-refractivity contribution in [2.75, 3.05) is 0 Å². The van der Waals surface area contributed by atoms with Gasteiger partial charge in [0.1, 0.15) is 0 Å². The van der Waals surface area contributed by atoms with E-state index in [0.29, 0.717) is 6.04 Å². The van der Waals surface area contributed by atoms with E-state index >= 15 is 0 Å². The lowest BCUT2D eigenvalue weighted by atomic mass is 10.0. The van der Waals surface area contributed by atoms with Gasteiger partial charge in [-0.25, -0.2) is 0 Å². The molecule has 0 spiro atoms. The summed E-state index contributed by atoms with van der Waals surface area (Å²) in [5.74, 6) is 0. The Bertz CT molecular complexity index is 712. The van der Waals surface area contributed by atoms with Crippen LogP contribution in [0, 0.1) is 6.92 Å². The van der Waals surface area contributed by atoms with Crippen LogP contribution in [0.4, 0.5) is 0 Å². The fourth-order valence-electron chi connectivity index (χ4n) is 2.75. The van der Waals surface area contributed by atoms with E-state index in [1.807, 2.05) is 6.20 Å². The molecule has 0 bridgehead atoms. The second-order valence-corrected chi connectivity index (χ2v) is 5.32. The molecule has 3 aromatic rings. The minimum atomic E-state index is 0.352. The number of hydrogen-bond acceptors (Lipinski definition) is 1. The quantitative estimate of drug-likeness (QED) is 0.721. The molecule has 1 aromatic heterocycles. The van der Waals surface area contributed by atoms with Gasteiger partial charge in [0, 0.05) is 29.7 Å². The highest BCUT2D eigenvalue weighted by Crippen LogP contribution is 2.20. The third-order valence-corrected chi connectivity index (χ3v) is 3.94. The highest BCUT2D eigenvalue weighted by Gasteiger charge is 2.08. The van der Waals surface area contributed by atoms with Gasteiger partial charge in [-0.2, -0.15) is 0 Å². The van der Waals surface area contributed by atoms with Gasteiger partial charge < -0.3 is 10.3 Å². The Morgan fingerprint density at radius 3 is 2.75 bits per heavy atom. The van der Waals surface area contributed by atoms with Gasteiger partial charge in [-0.05, 0) is 42.7 Å². The molecule has 2 nitrogen and oxygen atoms in total. The molecular weight excluding hydrogens is 244 g/mol. The van der Waals surface area contributed by atoms with Crippen LogP contribution in [0.25, 0.3) is 10.9 Å². The fourth-order valence-corrected chi connectivity index (χ4v) is 2.75. The Morgan fingerprint density at radius 2 is 1.90 bits per heavy atom. The average Bonchev–Trinajstić information content (AvgIpc) is 2.94. The topological polar surface area (TPSA) is 27.8 Å². The molecule has 3 rings (SSSR count). The predicted molar refractivity (Wildman–Crippen MR) is 84.7 cm³/mol. The molecule has 0 aliphatic rings. The number of nitrogens with one attached hydrogen (secondary N) is 2. The van der Waals surface area contributed by atoms with Crippen molar-refractivity contribution in [3.63, 3.8) is 0 Å². The standard InChI is InChI=1S/C18H20N2/c1-13-6-3-4-8-16(13)14(2)20-12-15-7-5-9-18-17(15)10-11-19-18/h3-11,14,19-20H,12H2,1-2H3/t14-/m1/s1. The molecule has 1 heterocycles. The summed E-state index contributed by atoms with van der Waals surface area (Å²) in [6, 6.07) is 17.5. The fraction of sp³-hybridized carbons (Fsp3) is 0.222. The highest BCUT2D eigenvalue weighted by molar-refractivity contribution is 5.82. The first-order chi connectivity index (χ1) is 9.75.